The van der Waals surface area contributed by atoms with Crippen molar-refractivity contribution >= 4 is 10.9 Å². The fraction of sp³-hybridized carbons (Fsp3) is 0.0833. The van der Waals surface area contributed by atoms with Crippen molar-refractivity contribution in [3.05, 3.63) is 36.9 Å². The quantitative estimate of drug-likeness (QED) is 0.726. The number of hydrogen-bond acceptors (Lipinski definition) is 4. The molecule has 0 saturated carbocycles. The Morgan fingerprint density at radius 3 is 2.76 bits per heavy atom. The van der Waals surface area contributed by atoms with Gasteiger partial charge in [-0.25, -0.2) is 15.0 Å². The molecule has 5 nitrogen and oxygen atoms in total. The standard InChI is InChI=1S/C12H10N4O/c1-17-9-7-16-11(10-8(9)3-6-13-10)12-14-4-2-5-15-12/h2-7,13H,1H3. The Bertz CT molecular complexity index is 648. The molecule has 0 unspecified atom stereocenters. The highest BCUT2D eigenvalue weighted by atomic mass is 16.5. The van der Waals surface area contributed by atoms with Gasteiger partial charge in [-0.05, 0) is 12.1 Å². The third kappa shape index (κ3) is 1.52. The molecule has 0 bridgehead atoms. The minimum atomic E-state index is 0.600. The van der Waals surface area contributed by atoms with Gasteiger partial charge in [0.1, 0.15) is 11.4 Å². The van der Waals surface area contributed by atoms with Crippen LogP contribution in [-0.2, 0) is 0 Å². The fourth-order valence-electron chi connectivity index (χ4n) is 1.78. The maximum atomic E-state index is 5.25. The molecule has 84 valence electrons. The highest BCUT2D eigenvalue weighted by Gasteiger charge is 2.12. The Morgan fingerprint density at radius 2 is 2.00 bits per heavy atom. The Hall–Kier alpha value is -2.43. The Labute approximate surface area is 97.5 Å². The van der Waals surface area contributed by atoms with Crippen LogP contribution in [0.15, 0.2) is 36.9 Å². The first-order valence-electron chi connectivity index (χ1n) is 5.17. The van der Waals surface area contributed by atoms with Gasteiger partial charge in [0.05, 0.1) is 18.8 Å². The van der Waals surface area contributed by atoms with Crippen molar-refractivity contribution in [3.63, 3.8) is 0 Å². The lowest BCUT2D eigenvalue weighted by Crippen LogP contribution is -1.93. The lowest BCUT2D eigenvalue weighted by Gasteiger charge is -2.04. The largest absolute Gasteiger partial charge is 0.494 e. The number of methoxy groups -OCH3 is 1. The van der Waals surface area contributed by atoms with Crippen LogP contribution in [0, 0.1) is 0 Å². The van der Waals surface area contributed by atoms with Gasteiger partial charge in [-0.3, -0.25) is 0 Å². The summed E-state index contributed by atoms with van der Waals surface area (Å²) in [5.74, 6) is 1.34. The molecule has 0 radical (unpaired) electrons. The summed E-state index contributed by atoms with van der Waals surface area (Å²) in [6.45, 7) is 0. The van der Waals surface area contributed by atoms with Gasteiger partial charge in [0.15, 0.2) is 5.82 Å². The summed E-state index contributed by atoms with van der Waals surface area (Å²) in [7, 11) is 1.63. The predicted octanol–water partition coefficient (Wildman–Crippen LogP) is 2.03. The topological polar surface area (TPSA) is 63.7 Å². The average Bonchev–Trinajstić information content (AvgIpc) is 2.88. The zero-order valence-corrected chi connectivity index (χ0v) is 9.21. The molecule has 17 heavy (non-hydrogen) atoms. The second kappa shape index (κ2) is 3.86. The van der Waals surface area contributed by atoms with Crippen LogP contribution in [0.3, 0.4) is 0 Å². The summed E-state index contributed by atoms with van der Waals surface area (Å²) < 4.78 is 5.25. The number of aromatic nitrogens is 4. The van der Waals surface area contributed by atoms with E-state index in [2.05, 4.69) is 19.9 Å². The normalized spacial score (nSPS) is 10.6. The highest BCUT2D eigenvalue weighted by molar-refractivity contribution is 5.94. The predicted molar refractivity (Wildman–Crippen MR) is 63.7 cm³/mol. The number of pyridine rings is 1. The number of nitrogens with one attached hydrogen (secondary N) is 1. The van der Waals surface area contributed by atoms with E-state index in [0.717, 1.165) is 22.3 Å². The maximum Gasteiger partial charge on any atom is 0.180 e. The number of nitrogens with zero attached hydrogens (tertiary/aromatic N) is 3. The number of H-pyrrole nitrogens is 1. The molecule has 0 atom stereocenters. The van der Waals surface area contributed by atoms with Gasteiger partial charge < -0.3 is 9.72 Å². The highest BCUT2D eigenvalue weighted by Crippen LogP contribution is 2.29. The van der Waals surface area contributed by atoms with Crippen molar-refractivity contribution in [1.29, 1.82) is 0 Å². The van der Waals surface area contributed by atoms with Gasteiger partial charge in [0.25, 0.3) is 0 Å². The minimum absolute atomic E-state index is 0.600. The number of hydrogen-bond donors (Lipinski definition) is 1. The van der Waals surface area contributed by atoms with Gasteiger partial charge in [0, 0.05) is 24.0 Å². The SMILES string of the molecule is COc1cnc(-c2ncccn2)c2[nH]ccc12. The van der Waals surface area contributed by atoms with E-state index in [1.54, 1.807) is 31.8 Å². The number of fused-ring (bicyclic) bond motifs is 1. The molecule has 0 amide bonds. The van der Waals surface area contributed by atoms with Crippen molar-refractivity contribution in [2.45, 2.75) is 0 Å². The molecule has 3 aromatic heterocycles. The van der Waals surface area contributed by atoms with Gasteiger partial charge >= 0.3 is 0 Å². The zero-order valence-electron chi connectivity index (χ0n) is 9.21. The van der Waals surface area contributed by atoms with E-state index < -0.39 is 0 Å². The molecule has 0 aliphatic heterocycles. The molecule has 3 rings (SSSR count). The van der Waals surface area contributed by atoms with Crippen LogP contribution < -0.4 is 4.74 Å². The summed E-state index contributed by atoms with van der Waals surface area (Å²) >= 11 is 0. The average molecular weight is 226 g/mol. The van der Waals surface area contributed by atoms with E-state index in [4.69, 9.17) is 4.74 Å². The smallest absolute Gasteiger partial charge is 0.180 e. The van der Waals surface area contributed by atoms with Crippen molar-refractivity contribution < 1.29 is 4.74 Å². The van der Waals surface area contributed by atoms with Crippen molar-refractivity contribution in [1.82, 2.24) is 19.9 Å². The first-order chi connectivity index (χ1) is 8.40. The molecule has 1 N–H and O–H groups in total. The summed E-state index contributed by atoms with van der Waals surface area (Å²) in [4.78, 5) is 15.9. The second-order valence-electron chi connectivity index (χ2n) is 3.51. The molecule has 0 aliphatic rings. The van der Waals surface area contributed by atoms with E-state index >= 15 is 0 Å². The van der Waals surface area contributed by atoms with Crippen LogP contribution in [-0.4, -0.2) is 27.0 Å². The molecule has 0 spiro atoms. The van der Waals surface area contributed by atoms with Crippen LogP contribution in [0.25, 0.3) is 22.4 Å². The number of rotatable bonds is 2. The molecule has 3 aromatic rings. The third-order valence-electron chi connectivity index (χ3n) is 2.56. The van der Waals surface area contributed by atoms with Crippen molar-refractivity contribution in [2.75, 3.05) is 7.11 Å². The van der Waals surface area contributed by atoms with Gasteiger partial charge in [-0.2, -0.15) is 0 Å². The summed E-state index contributed by atoms with van der Waals surface area (Å²) in [6, 6.07) is 3.72. The van der Waals surface area contributed by atoms with Crippen LogP contribution >= 0.6 is 0 Å². The molecule has 0 saturated heterocycles. The molecule has 3 heterocycles. The van der Waals surface area contributed by atoms with E-state index in [-0.39, 0.29) is 0 Å². The van der Waals surface area contributed by atoms with Crippen LogP contribution in [0.2, 0.25) is 0 Å². The van der Waals surface area contributed by atoms with E-state index in [9.17, 15) is 0 Å². The second-order valence-corrected chi connectivity index (χ2v) is 3.51. The third-order valence-corrected chi connectivity index (χ3v) is 2.56. The number of ether oxygens (including phenoxy) is 1. The Balaban J connectivity index is 2.29. The molecule has 0 aliphatic carbocycles. The van der Waals surface area contributed by atoms with Crippen molar-refractivity contribution in [2.24, 2.45) is 0 Å². The molecular weight excluding hydrogens is 216 g/mol. The van der Waals surface area contributed by atoms with Crippen LogP contribution in [0.5, 0.6) is 5.75 Å². The summed E-state index contributed by atoms with van der Waals surface area (Å²) in [6.07, 6.45) is 6.93. The Morgan fingerprint density at radius 1 is 1.18 bits per heavy atom. The van der Waals surface area contributed by atoms with Crippen LogP contribution in [0.4, 0.5) is 0 Å². The molecule has 0 fully saturated rings. The Kier molecular flexibility index (Phi) is 2.22. The van der Waals surface area contributed by atoms with Gasteiger partial charge in [-0.1, -0.05) is 0 Å². The zero-order chi connectivity index (χ0) is 11.7. The van der Waals surface area contributed by atoms with E-state index in [1.165, 1.54) is 0 Å². The van der Waals surface area contributed by atoms with Gasteiger partial charge in [-0.15, -0.1) is 0 Å². The van der Waals surface area contributed by atoms with E-state index in [1.807, 2.05) is 12.3 Å². The fourth-order valence-corrected chi connectivity index (χ4v) is 1.78. The summed E-state index contributed by atoms with van der Waals surface area (Å²) in [5.41, 5.74) is 1.61. The van der Waals surface area contributed by atoms with E-state index in [0.29, 0.717) is 5.82 Å². The lowest BCUT2D eigenvalue weighted by molar-refractivity contribution is 0.418. The first kappa shape index (κ1) is 9.77. The van der Waals surface area contributed by atoms with Crippen LogP contribution in [0.1, 0.15) is 0 Å². The van der Waals surface area contributed by atoms with Crippen molar-refractivity contribution in [3.8, 4) is 17.3 Å². The number of aromatic amines is 1. The minimum Gasteiger partial charge on any atom is -0.494 e. The maximum absolute atomic E-state index is 5.25. The molecule has 5 heteroatoms. The summed E-state index contributed by atoms with van der Waals surface area (Å²) in [5, 5.41) is 0.977. The monoisotopic (exact) mass is 226 g/mol. The first-order valence-corrected chi connectivity index (χ1v) is 5.17. The van der Waals surface area contributed by atoms with Gasteiger partial charge in [0.2, 0.25) is 0 Å². The molecule has 0 aromatic carbocycles. The lowest BCUT2D eigenvalue weighted by atomic mass is 10.2. The molecular formula is C12H10N4O.